The molecule has 3 aromatic rings. The summed E-state index contributed by atoms with van der Waals surface area (Å²) in [6.45, 7) is 0.0522. The van der Waals surface area contributed by atoms with Crippen LogP contribution in [-0.2, 0) is 16.1 Å². The highest BCUT2D eigenvalue weighted by Gasteiger charge is 2.19. The molecule has 0 unspecified atom stereocenters. The Labute approximate surface area is 197 Å². The fraction of sp³-hybridized carbons (Fsp3) is 0.167. The predicted molar refractivity (Wildman–Crippen MR) is 125 cm³/mol. The zero-order chi connectivity index (χ0) is 23.6. The Kier molecular flexibility index (Phi) is 9.52. The molecule has 1 aromatic heterocycles. The monoisotopic (exact) mass is 463 g/mol. The Morgan fingerprint density at radius 1 is 1.03 bits per heavy atom. The highest BCUT2D eigenvalue weighted by molar-refractivity contribution is 5.97. The van der Waals surface area contributed by atoms with E-state index in [0.717, 1.165) is 5.56 Å². The van der Waals surface area contributed by atoms with Gasteiger partial charge >= 0.3 is 0 Å². The second-order valence-corrected chi connectivity index (χ2v) is 6.97. The van der Waals surface area contributed by atoms with Gasteiger partial charge in [-0.1, -0.05) is 19.3 Å². The number of anilines is 1. The van der Waals surface area contributed by atoms with Gasteiger partial charge in [0, 0.05) is 28.9 Å². The first-order valence-electron chi connectivity index (χ1n) is 9.97. The molecule has 10 nitrogen and oxygen atoms in total. The lowest BCUT2D eigenvalue weighted by molar-refractivity contribution is -0.682. The lowest BCUT2D eigenvalue weighted by atomic mass is 10.1. The van der Waals surface area contributed by atoms with Crippen LogP contribution in [0.3, 0.4) is 0 Å². The molecule has 0 saturated carbocycles. The maximum atomic E-state index is 12.2. The normalized spacial score (nSPS) is 10.6. The zero-order valence-electron chi connectivity index (χ0n) is 17.5. The molecular formula is C24H27N6O4+. The smallest absolute Gasteiger partial charge is 0.267 e. The quantitative estimate of drug-likeness (QED) is 0.131. The standard InChI is InChI=1S/C23H22N6O4.CH4/c24-13-20(23(32)28-33)27-22(31)18-7-3-16(4-8-18)1-2-17-5-9-19(10-6-17)26-21(30)14-29-12-11-25-15-29;/h3-12,15,20H,13-14,24H2,(H4,26,27,28,30,31,32,33);1H4/p+1/t20-;/m0./s1. The summed E-state index contributed by atoms with van der Waals surface area (Å²) in [6.07, 6.45) is 5.20. The second kappa shape index (κ2) is 12.5. The van der Waals surface area contributed by atoms with Gasteiger partial charge in [-0.15, -0.1) is 0 Å². The van der Waals surface area contributed by atoms with Crippen LogP contribution in [-0.4, -0.2) is 40.5 Å². The number of hydrogen-bond donors (Lipinski definition) is 6. The summed E-state index contributed by atoms with van der Waals surface area (Å²) in [5, 5.41) is 13.9. The molecule has 0 fully saturated rings. The van der Waals surface area contributed by atoms with Gasteiger partial charge in [0.15, 0.2) is 6.54 Å². The van der Waals surface area contributed by atoms with E-state index in [1.54, 1.807) is 71.8 Å². The summed E-state index contributed by atoms with van der Waals surface area (Å²) in [7, 11) is 0. The van der Waals surface area contributed by atoms with Crippen LogP contribution in [0.4, 0.5) is 5.69 Å². The molecule has 0 aliphatic carbocycles. The van der Waals surface area contributed by atoms with Crippen LogP contribution in [0.15, 0.2) is 67.3 Å². The van der Waals surface area contributed by atoms with Crippen LogP contribution in [0, 0.1) is 11.8 Å². The van der Waals surface area contributed by atoms with E-state index in [-0.39, 0.29) is 26.4 Å². The number of rotatable bonds is 7. The van der Waals surface area contributed by atoms with Gasteiger partial charge < -0.3 is 16.4 Å². The number of nitrogens with one attached hydrogen (secondary N) is 4. The molecule has 0 spiro atoms. The van der Waals surface area contributed by atoms with Crippen LogP contribution in [0.25, 0.3) is 0 Å². The number of imidazole rings is 1. The zero-order valence-corrected chi connectivity index (χ0v) is 17.5. The first-order valence-corrected chi connectivity index (χ1v) is 9.97. The van der Waals surface area contributed by atoms with Gasteiger partial charge in [0.1, 0.15) is 18.4 Å². The number of nitrogens with two attached hydrogens (primary N) is 1. The first-order chi connectivity index (χ1) is 16.0. The summed E-state index contributed by atoms with van der Waals surface area (Å²) in [4.78, 5) is 38.6. The van der Waals surface area contributed by atoms with Crippen molar-refractivity contribution in [2.75, 3.05) is 11.9 Å². The third kappa shape index (κ3) is 7.30. The maximum absolute atomic E-state index is 12.2. The van der Waals surface area contributed by atoms with Crippen LogP contribution >= 0.6 is 0 Å². The molecule has 1 heterocycles. The van der Waals surface area contributed by atoms with Crippen molar-refractivity contribution in [3.05, 3.63) is 83.9 Å². The van der Waals surface area contributed by atoms with Crippen molar-refractivity contribution in [3.63, 3.8) is 0 Å². The molecule has 0 aliphatic rings. The van der Waals surface area contributed by atoms with Gasteiger partial charge in [0.25, 0.3) is 17.7 Å². The van der Waals surface area contributed by atoms with E-state index in [1.807, 2.05) is 0 Å². The summed E-state index contributed by atoms with van der Waals surface area (Å²) in [5.74, 6) is 4.59. The predicted octanol–water partition coefficient (Wildman–Crippen LogP) is 0.539. The van der Waals surface area contributed by atoms with Crippen LogP contribution < -0.4 is 26.4 Å². The van der Waals surface area contributed by atoms with Crippen LogP contribution in [0.1, 0.15) is 28.9 Å². The van der Waals surface area contributed by atoms with Crippen molar-refractivity contribution in [1.82, 2.24) is 15.8 Å². The van der Waals surface area contributed by atoms with Gasteiger partial charge in [-0.05, 0) is 48.5 Å². The molecule has 176 valence electrons. The molecule has 3 amide bonds. The highest BCUT2D eigenvalue weighted by Crippen LogP contribution is 2.09. The molecular weight excluding hydrogens is 436 g/mol. The minimum atomic E-state index is -1.04. The number of H-pyrrole nitrogens is 1. The number of aromatic amines is 1. The summed E-state index contributed by atoms with van der Waals surface area (Å²) >= 11 is 0. The first kappa shape index (κ1) is 25.8. The Balaban J connectivity index is 0.00000408. The van der Waals surface area contributed by atoms with Crippen molar-refractivity contribution in [1.29, 1.82) is 0 Å². The highest BCUT2D eigenvalue weighted by atomic mass is 16.5. The SMILES string of the molecule is C.NC[C@H](NC(=O)c1ccc(C#Cc2ccc(NC(=O)C[n+]3cc[nH]c3)cc2)cc1)C(=O)NO. The number of nitrogens with zero attached hydrogens (tertiary/aromatic N) is 1. The molecule has 3 rings (SSSR count). The number of amides is 3. The van der Waals surface area contributed by atoms with E-state index in [9.17, 15) is 14.4 Å². The summed E-state index contributed by atoms with van der Waals surface area (Å²) in [6, 6.07) is 12.6. The molecule has 0 radical (unpaired) electrons. The molecule has 7 N–H and O–H groups in total. The van der Waals surface area contributed by atoms with Crippen LogP contribution in [0.2, 0.25) is 0 Å². The molecule has 1 atom stereocenters. The van der Waals surface area contributed by atoms with Gasteiger partial charge in [0.2, 0.25) is 6.33 Å². The average Bonchev–Trinajstić information content (AvgIpc) is 3.34. The number of carbonyl (C=O) groups is 3. The van der Waals surface area contributed by atoms with Gasteiger partial charge in [-0.25, -0.2) is 10.0 Å². The number of benzene rings is 2. The Hall–Kier alpha value is -4.46. The molecule has 0 aliphatic heterocycles. The van der Waals surface area contributed by atoms with Crippen molar-refractivity contribution in [3.8, 4) is 11.8 Å². The number of carbonyl (C=O) groups excluding carboxylic acids is 3. The van der Waals surface area contributed by atoms with Crippen molar-refractivity contribution in [2.45, 2.75) is 20.0 Å². The molecule has 0 saturated heterocycles. The van der Waals surface area contributed by atoms with Gasteiger partial charge in [-0.3, -0.25) is 24.6 Å². The fourth-order valence-corrected chi connectivity index (χ4v) is 2.82. The molecule has 34 heavy (non-hydrogen) atoms. The summed E-state index contributed by atoms with van der Waals surface area (Å²) < 4.78 is 1.73. The Bertz CT molecular complexity index is 1160. The minimum Gasteiger partial charge on any atom is -0.339 e. The van der Waals surface area contributed by atoms with E-state index in [1.165, 1.54) is 5.48 Å². The topological polar surface area (TPSA) is 153 Å². The van der Waals surface area contributed by atoms with Gasteiger partial charge in [-0.2, -0.15) is 0 Å². The number of hydroxylamine groups is 1. The molecule has 2 aromatic carbocycles. The van der Waals surface area contributed by atoms with E-state index in [2.05, 4.69) is 27.5 Å². The summed E-state index contributed by atoms with van der Waals surface area (Å²) in [5.41, 5.74) is 9.33. The number of hydrogen-bond acceptors (Lipinski definition) is 5. The minimum absolute atomic E-state index is 0. The second-order valence-electron chi connectivity index (χ2n) is 6.97. The van der Waals surface area contributed by atoms with Crippen molar-refractivity contribution < 1.29 is 24.2 Å². The van der Waals surface area contributed by atoms with Gasteiger partial charge in [0.05, 0.1) is 0 Å². The van der Waals surface area contributed by atoms with E-state index in [0.29, 0.717) is 16.8 Å². The molecule has 0 bridgehead atoms. The fourth-order valence-electron chi connectivity index (χ4n) is 2.82. The van der Waals surface area contributed by atoms with E-state index >= 15 is 0 Å². The average molecular weight is 464 g/mol. The Morgan fingerprint density at radius 3 is 2.18 bits per heavy atom. The third-order valence-electron chi connectivity index (χ3n) is 4.56. The maximum Gasteiger partial charge on any atom is 0.267 e. The lowest BCUT2D eigenvalue weighted by Gasteiger charge is -2.14. The van der Waals surface area contributed by atoms with Crippen molar-refractivity contribution >= 4 is 23.4 Å². The van der Waals surface area contributed by atoms with E-state index in [4.69, 9.17) is 10.9 Å². The number of aromatic nitrogens is 2. The Morgan fingerprint density at radius 2 is 1.65 bits per heavy atom. The lowest BCUT2D eigenvalue weighted by Crippen LogP contribution is -2.50. The molecule has 10 heteroatoms. The van der Waals surface area contributed by atoms with Crippen LogP contribution in [0.5, 0.6) is 0 Å². The third-order valence-corrected chi connectivity index (χ3v) is 4.56. The largest absolute Gasteiger partial charge is 0.339 e. The van der Waals surface area contributed by atoms with Crippen molar-refractivity contribution in [2.24, 2.45) is 5.73 Å². The van der Waals surface area contributed by atoms with E-state index < -0.39 is 17.9 Å².